The van der Waals surface area contributed by atoms with E-state index >= 15 is 0 Å². The summed E-state index contributed by atoms with van der Waals surface area (Å²) in [6.45, 7) is 0. The van der Waals surface area contributed by atoms with E-state index < -0.39 is 26.5 Å². The first-order valence-electron chi connectivity index (χ1n) is 12.1. The molecule has 0 amide bonds. The van der Waals surface area contributed by atoms with E-state index in [1.165, 1.54) is 59.8 Å². The molecule has 4 aromatic rings. The highest BCUT2D eigenvalue weighted by molar-refractivity contribution is 7.94. The van der Waals surface area contributed by atoms with Crippen LogP contribution in [-0.2, 0) is 24.5 Å². The predicted octanol–water partition coefficient (Wildman–Crippen LogP) is 4.20. The average Bonchev–Trinajstić information content (AvgIpc) is 3.40. The van der Waals surface area contributed by atoms with Crippen LogP contribution in [0.25, 0.3) is 22.2 Å². The van der Waals surface area contributed by atoms with Gasteiger partial charge in [0.15, 0.2) is 5.75 Å². The van der Waals surface area contributed by atoms with Gasteiger partial charge in [-0.2, -0.15) is 0 Å². The molecule has 0 aliphatic rings. The zero-order chi connectivity index (χ0) is 29.9. The van der Waals surface area contributed by atoms with E-state index in [1.54, 1.807) is 0 Å². The molecule has 41 heavy (non-hydrogen) atoms. The number of aliphatic carboxylic acids is 1. The molecule has 0 fully saturated rings. The molecule has 0 aliphatic carbocycles. The highest BCUT2D eigenvalue weighted by atomic mass is 32.2. The van der Waals surface area contributed by atoms with Gasteiger partial charge in [-0.15, -0.1) is 0 Å². The van der Waals surface area contributed by atoms with Gasteiger partial charge in [0.1, 0.15) is 23.0 Å². The van der Waals surface area contributed by atoms with E-state index in [0.717, 1.165) is 18.0 Å². The minimum atomic E-state index is -5.00. The van der Waals surface area contributed by atoms with Crippen LogP contribution in [0.4, 0.5) is 5.69 Å². The first-order valence-corrected chi connectivity index (χ1v) is 13.5. The fraction of sp³-hybridized carbons (Fsp3) is 0.250. The molecule has 0 bridgehead atoms. The number of methoxy groups -OCH3 is 6. The number of benzene rings is 3. The SMILES string of the molecule is COc1cc(OC)c(C(OC)(C(=O)O)S(=O)(=O)Nc2ccc(OC)c(-c3cc4ccccc4[nH]3)c2OC)c(OC)c1. The van der Waals surface area contributed by atoms with E-state index in [-0.39, 0.29) is 28.7 Å². The predicted molar refractivity (Wildman–Crippen MR) is 152 cm³/mol. The van der Waals surface area contributed by atoms with Crippen molar-refractivity contribution >= 4 is 32.6 Å². The van der Waals surface area contributed by atoms with Crippen LogP contribution < -0.4 is 28.4 Å². The summed E-state index contributed by atoms with van der Waals surface area (Å²) in [5, 5.41) is 11.3. The van der Waals surface area contributed by atoms with Gasteiger partial charge in [-0.25, -0.2) is 13.2 Å². The van der Waals surface area contributed by atoms with Gasteiger partial charge in [0.25, 0.3) is 10.0 Å². The maximum atomic E-state index is 14.1. The highest BCUT2D eigenvalue weighted by Gasteiger charge is 2.58. The Morgan fingerprint density at radius 1 is 0.829 bits per heavy atom. The van der Waals surface area contributed by atoms with E-state index in [0.29, 0.717) is 17.0 Å². The number of anilines is 1. The van der Waals surface area contributed by atoms with Gasteiger partial charge in [-0.05, 0) is 24.3 Å². The number of sulfonamides is 1. The Morgan fingerprint density at radius 3 is 1.98 bits per heavy atom. The van der Waals surface area contributed by atoms with Gasteiger partial charge in [0.05, 0.1) is 58.1 Å². The van der Waals surface area contributed by atoms with Crippen LogP contribution in [0.1, 0.15) is 5.56 Å². The van der Waals surface area contributed by atoms with Gasteiger partial charge in [-0.1, -0.05) is 18.2 Å². The fourth-order valence-corrected chi connectivity index (χ4v) is 6.21. The smallest absolute Gasteiger partial charge is 0.359 e. The first kappa shape index (κ1) is 29.4. The van der Waals surface area contributed by atoms with Crippen LogP contribution >= 0.6 is 0 Å². The first-order chi connectivity index (χ1) is 19.6. The number of hydrogen-bond donors (Lipinski definition) is 3. The second-order valence-electron chi connectivity index (χ2n) is 8.63. The summed E-state index contributed by atoms with van der Waals surface area (Å²) in [5.74, 6) is -1.47. The lowest BCUT2D eigenvalue weighted by Crippen LogP contribution is -2.48. The quantitative estimate of drug-likeness (QED) is 0.220. The number of H-pyrrole nitrogens is 1. The minimum Gasteiger partial charge on any atom is -0.496 e. The summed E-state index contributed by atoms with van der Waals surface area (Å²) in [4.78, 5) is 13.1. The Balaban J connectivity index is 1.95. The van der Waals surface area contributed by atoms with Crippen molar-refractivity contribution < 1.29 is 46.7 Å². The van der Waals surface area contributed by atoms with Crippen LogP contribution in [0.5, 0.6) is 28.7 Å². The molecule has 1 heterocycles. The van der Waals surface area contributed by atoms with Gasteiger partial charge in [-0.3, -0.25) is 4.72 Å². The number of ether oxygens (including phenoxy) is 6. The molecule has 1 unspecified atom stereocenters. The summed E-state index contributed by atoms with van der Waals surface area (Å²) < 4.78 is 63.2. The number of aromatic amines is 1. The van der Waals surface area contributed by atoms with Crippen molar-refractivity contribution in [1.29, 1.82) is 0 Å². The van der Waals surface area contributed by atoms with Crippen LogP contribution in [0, 0.1) is 0 Å². The molecule has 4 rings (SSSR count). The molecule has 3 N–H and O–H groups in total. The summed E-state index contributed by atoms with van der Waals surface area (Å²) in [5.41, 5.74) is 1.34. The number of carbonyl (C=O) groups is 1. The van der Waals surface area contributed by atoms with Crippen molar-refractivity contribution in [3.05, 3.63) is 60.2 Å². The summed E-state index contributed by atoms with van der Waals surface area (Å²) >= 11 is 0. The molecule has 3 aromatic carbocycles. The lowest BCUT2D eigenvalue weighted by Gasteiger charge is -2.31. The maximum absolute atomic E-state index is 14.1. The number of aromatic nitrogens is 1. The van der Waals surface area contributed by atoms with Gasteiger partial charge in [0, 0.05) is 30.1 Å². The normalized spacial score (nSPS) is 12.8. The number of carboxylic acid groups (broad SMARTS) is 1. The number of carboxylic acids is 1. The molecule has 13 heteroatoms. The van der Waals surface area contributed by atoms with Gasteiger partial charge >= 0.3 is 10.9 Å². The Labute approximate surface area is 236 Å². The van der Waals surface area contributed by atoms with Crippen molar-refractivity contribution in [3.63, 3.8) is 0 Å². The molecule has 0 aliphatic heterocycles. The second-order valence-corrected chi connectivity index (χ2v) is 10.4. The molecule has 218 valence electrons. The van der Waals surface area contributed by atoms with Gasteiger partial charge in [0.2, 0.25) is 0 Å². The van der Waals surface area contributed by atoms with E-state index in [2.05, 4.69) is 9.71 Å². The summed E-state index contributed by atoms with van der Waals surface area (Å²) in [6.07, 6.45) is 0. The number of hydrogen-bond acceptors (Lipinski definition) is 9. The maximum Gasteiger partial charge on any atom is 0.359 e. The van der Waals surface area contributed by atoms with Crippen molar-refractivity contribution in [2.75, 3.05) is 47.4 Å². The topological polar surface area (TPSA) is 155 Å². The monoisotopic (exact) mass is 586 g/mol. The molecule has 12 nitrogen and oxygen atoms in total. The minimum absolute atomic E-state index is 0.0727. The average molecular weight is 587 g/mol. The molecular weight excluding hydrogens is 556 g/mol. The number of fused-ring (bicyclic) bond motifs is 1. The summed E-state index contributed by atoms with van der Waals surface area (Å²) in [6, 6.07) is 15.0. The van der Waals surface area contributed by atoms with E-state index in [4.69, 9.17) is 28.4 Å². The highest BCUT2D eigenvalue weighted by Crippen LogP contribution is 2.48. The lowest BCUT2D eigenvalue weighted by atomic mass is 10.1. The Kier molecular flexibility index (Phi) is 8.22. The second kappa shape index (κ2) is 11.5. The van der Waals surface area contributed by atoms with Crippen LogP contribution in [-0.4, -0.2) is 67.1 Å². The standard InChI is InChI=1S/C28H30N2O10S/c1-35-17-14-22(37-3)25(23(15-17)38-4)28(40-6,27(31)32)41(33,34)30-19-11-12-21(36-2)24(26(19)39-5)20-13-16-9-7-8-10-18(16)29-20/h7-15,29-30H,1-6H3,(H,31,32). The van der Waals surface area contributed by atoms with Gasteiger partial charge < -0.3 is 38.5 Å². The summed E-state index contributed by atoms with van der Waals surface area (Å²) in [7, 11) is 2.66. The third kappa shape index (κ3) is 4.83. The zero-order valence-corrected chi connectivity index (χ0v) is 24.0. The van der Waals surface area contributed by atoms with E-state index in [1.807, 2.05) is 30.3 Å². The molecule has 0 saturated carbocycles. The Hall–Kier alpha value is -4.62. The third-order valence-corrected chi connectivity index (χ3v) is 8.37. The molecule has 1 aromatic heterocycles. The zero-order valence-electron chi connectivity index (χ0n) is 23.2. The van der Waals surface area contributed by atoms with Crippen LogP contribution in [0.2, 0.25) is 0 Å². The Morgan fingerprint density at radius 2 is 1.46 bits per heavy atom. The van der Waals surface area contributed by atoms with Crippen molar-refractivity contribution in [1.82, 2.24) is 4.98 Å². The third-order valence-electron chi connectivity index (χ3n) is 6.58. The number of para-hydroxylation sites is 1. The number of nitrogens with one attached hydrogen (secondary N) is 2. The largest absolute Gasteiger partial charge is 0.496 e. The lowest BCUT2D eigenvalue weighted by molar-refractivity contribution is -0.153. The number of rotatable bonds is 12. The van der Waals surface area contributed by atoms with Crippen molar-refractivity contribution in [3.8, 4) is 40.0 Å². The van der Waals surface area contributed by atoms with E-state index in [9.17, 15) is 18.3 Å². The molecule has 0 spiro atoms. The molecule has 1 atom stereocenters. The van der Waals surface area contributed by atoms with Crippen LogP contribution in [0.15, 0.2) is 54.6 Å². The molecule has 0 saturated heterocycles. The van der Waals surface area contributed by atoms with Crippen molar-refractivity contribution in [2.24, 2.45) is 0 Å². The fourth-order valence-electron chi connectivity index (χ4n) is 4.69. The molecule has 0 radical (unpaired) electrons. The van der Waals surface area contributed by atoms with Crippen molar-refractivity contribution in [2.45, 2.75) is 4.93 Å². The molecular formula is C28H30N2O10S. The Bertz CT molecular complexity index is 1640. The van der Waals surface area contributed by atoms with Crippen LogP contribution in [0.3, 0.4) is 0 Å².